The van der Waals surface area contributed by atoms with Gasteiger partial charge in [-0.3, -0.25) is 9.59 Å². The first kappa shape index (κ1) is 15.2. The van der Waals surface area contributed by atoms with Gasteiger partial charge in [-0.2, -0.15) is 0 Å². The highest BCUT2D eigenvalue weighted by Gasteiger charge is 2.51. The first-order valence-electron chi connectivity index (χ1n) is 8.02. The third-order valence-electron chi connectivity index (χ3n) is 5.05. The van der Waals surface area contributed by atoms with Gasteiger partial charge in [-0.25, -0.2) is 0 Å². The quantitative estimate of drug-likeness (QED) is 0.913. The van der Waals surface area contributed by atoms with Crippen LogP contribution >= 0.6 is 11.6 Å². The summed E-state index contributed by atoms with van der Waals surface area (Å²) >= 11 is 6.15. The van der Waals surface area contributed by atoms with Crippen molar-refractivity contribution in [3.05, 3.63) is 64.7 Å². The molecule has 0 bridgehead atoms. The summed E-state index contributed by atoms with van der Waals surface area (Å²) in [5.41, 5.74) is 2.08. The fourth-order valence-corrected chi connectivity index (χ4v) is 3.92. The number of para-hydroxylation sites is 1. The minimum atomic E-state index is -0.604. The molecule has 0 saturated carbocycles. The monoisotopic (exact) mass is 340 g/mol. The number of benzene rings is 2. The number of rotatable bonds is 2. The van der Waals surface area contributed by atoms with E-state index in [1.165, 1.54) is 0 Å². The van der Waals surface area contributed by atoms with Crippen molar-refractivity contribution >= 4 is 29.1 Å². The Balaban J connectivity index is 1.56. The largest absolute Gasteiger partial charge is 0.341 e. The molecule has 0 aromatic heterocycles. The third kappa shape index (κ3) is 2.29. The van der Waals surface area contributed by atoms with E-state index >= 15 is 0 Å². The number of amides is 2. The zero-order chi connectivity index (χ0) is 16.7. The molecule has 2 aromatic rings. The van der Waals surface area contributed by atoms with Crippen LogP contribution in [-0.2, 0) is 21.4 Å². The van der Waals surface area contributed by atoms with Crippen LogP contribution in [0.1, 0.15) is 17.5 Å². The summed E-state index contributed by atoms with van der Waals surface area (Å²) in [5, 5.41) is 3.55. The molecule has 1 fully saturated rings. The second-order valence-electron chi connectivity index (χ2n) is 6.42. The first-order chi connectivity index (χ1) is 11.6. The Morgan fingerprint density at radius 2 is 1.92 bits per heavy atom. The van der Waals surface area contributed by atoms with Crippen LogP contribution in [0.2, 0.25) is 5.02 Å². The topological polar surface area (TPSA) is 49.4 Å². The lowest BCUT2D eigenvalue weighted by Gasteiger charge is -2.22. The van der Waals surface area contributed by atoms with Crippen molar-refractivity contribution < 1.29 is 9.59 Å². The summed E-state index contributed by atoms with van der Waals surface area (Å²) in [6.45, 7) is 1.02. The Bertz CT molecular complexity index is 836. The number of carbonyl (C=O) groups is 2. The molecule has 4 nitrogen and oxygen atoms in total. The molecule has 2 aliphatic rings. The molecule has 1 atom stereocenters. The van der Waals surface area contributed by atoms with Crippen molar-refractivity contribution in [3.8, 4) is 0 Å². The average Bonchev–Trinajstić information content (AvgIpc) is 3.14. The minimum absolute atomic E-state index is 0.00302. The maximum Gasteiger partial charge on any atom is 0.236 e. The number of nitrogens with one attached hydrogen (secondary N) is 1. The average molecular weight is 341 g/mol. The van der Waals surface area contributed by atoms with Gasteiger partial charge >= 0.3 is 0 Å². The van der Waals surface area contributed by atoms with Gasteiger partial charge in [-0.05, 0) is 29.7 Å². The lowest BCUT2D eigenvalue weighted by Crippen LogP contribution is -2.39. The van der Waals surface area contributed by atoms with Gasteiger partial charge in [0.2, 0.25) is 11.8 Å². The van der Waals surface area contributed by atoms with Gasteiger partial charge in [0, 0.05) is 23.8 Å². The van der Waals surface area contributed by atoms with Crippen LogP contribution in [0.3, 0.4) is 0 Å². The predicted octanol–water partition coefficient (Wildman–Crippen LogP) is 3.00. The maximum atomic E-state index is 12.7. The number of hydrogen-bond acceptors (Lipinski definition) is 2. The Labute approximate surface area is 145 Å². The standard InChI is InChI=1S/C19H17ClN2O2/c20-15-7-3-1-5-13(15)11-17(23)22-10-9-19(12-22)14-6-2-4-8-16(14)21-18(19)24/h1-8H,9-12H2,(H,21,24)/t19-/m1/s1. The molecule has 0 radical (unpaired) electrons. The van der Waals surface area contributed by atoms with Crippen LogP contribution in [0.15, 0.2) is 48.5 Å². The van der Waals surface area contributed by atoms with E-state index in [0.29, 0.717) is 24.5 Å². The SMILES string of the molecule is O=C(Cc1ccccc1Cl)N1CC[C@]2(C1)C(=O)Nc1ccccc12. The summed E-state index contributed by atoms with van der Waals surface area (Å²) in [6, 6.07) is 15.1. The van der Waals surface area contributed by atoms with Gasteiger partial charge in [-0.15, -0.1) is 0 Å². The Hall–Kier alpha value is -2.33. The Morgan fingerprint density at radius 1 is 1.17 bits per heavy atom. The number of nitrogens with zero attached hydrogens (tertiary/aromatic N) is 1. The van der Waals surface area contributed by atoms with E-state index in [1.54, 1.807) is 11.0 Å². The first-order valence-corrected chi connectivity index (χ1v) is 8.40. The van der Waals surface area contributed by atoms with Crippen LogP contribution in [0.25, 0.3) is 0 Å². The zero-order valence-corrected chi connectivity index (χ0v) is 13.8. The van der Waals surface area contributed by atoms with Crippen molar-refractivity contribution in [1.82, 2.24) is 4.90 Å². The van der Waals surface area contributed by atoms with Crippen molar-refractivity contribution in [1.29, 1.82) is 0 Å². The molecule has 1 spiro atoms. The highest BCUT2D eigenvalue weighted by atomic mass is 35.5. The number of carbonyl (C=O) groups excluding carboxylic acids is 2. The van der Waals surface area contributed by atoms with Crippen molar-refractivity contribution in [2.75, 3.05) is 18.4 Å². The molecular weight excluding hydrogens is 324 g/mol. The molecule has 2 amide bonds. The lowest BCUT2D eigenvalue weighted by atomic mass is 9.81. The predicted molar refractivity (Wildman–Crippen MR) is 93.1 cm³/mol. The lowest BCUT2D eigenvalue weighted by molar-refractivity contribution is -0.129. The second-order valence-corrected chi connectivity index (χ2v) is 6.82. The van der Waals surface area contributed by atoms with E-state index in [0.717, 1.165) is 16.8 Å². The Kier molecular flexibility index (Phi) is 3.57. The highest BCUT2D eigenvalue weighted by Crippen LogP contribution is 2.44. The molecule has 1 saturated heterocycles. The number of halogens is 1. The van der Waals surface area contributed by atoms with E-state index in [2.05, 4.69) is 5.32 Å². The molecule has 4 rings (SSSR count). The molecule has 5 heteroatoms. The van der Waals surface area contributed by atoms with Gasteiger partial charge in [0.25, 0.3) is 0 Å². The van der Waals surface area contributed by atoms with Gasteiger partial charge in [0.1, 0.15) is 0 Å². The summed E-state index contributed by atoms with van der Waals surface area (Å²) in [5.74, 6) is 0.00824. The summed E-state index contributed by atoms with van der Waals surface area (Å²) in [7, 11) is 0. The maximum absolute atomic E-state index is 12.7. The molecule has 2 heterocycles. The molecule has 0 aliphatic carbocycles. The molecule has 2 aliphatic heterocycles. The van der Waals surface area contributed by atoms with Crippen LogP contribution in [0.4, 0.5) is 5.69 Å². The van der Waals surface area contributed by atoms with Crippen molar-refractivity contribution in [3.63, 3.8) is 0 Å². The van der Waals surface area contributed by atoms with Crippen LogP contribution in [-0.4, -0.2) is 29.8 Å². The van der Waals surface area contributed by atoms with E-state index in [-0.39, 0.29) is 18.2 Å². The number of likely N-dealkylation sites (tertiary alicyclic amines) is 1. The van der Waals surface area contributed by atoms with Crippen molar-refractivity contribution in [2.45, 2.75) is 18.3 Å². The molecule has 2 aromatic carbocycles. The number of hydrogen-bond donors (Lipinski definition) is 1. The summed E-state index contributed by atoms with van der Waals surface area (Å²) in [4.78, 5) is 27.0. The third-order valence-corrected chi connectivity index (χ3v) is 5.42. The van der Waals surface area contributed by atoms with Gasteiger partial charge in [0.15, 0.2) is 0 Å². The van der Waals surface area contributed by atoms with Gasteiger partial charge in [-0.1, -0.05) is 48.0 Å². The molecule has 1 N–H and O–H groups in total. The van der Waals surface area contributed by atoms with Crippen LogP contribution in [0, 0.1) is 0 Å². The number of anilines is 1. The molecule has 0 unspecified atom stereocenters. The smallest absolute Gasteiger partial charge is 0.236 e. The summed E-state index contributed by atoms with van der Waals surface area (Å²) in [6.07, 6.45) is 0.920. The second kappa shape index (κ2) is 5.64. The fourth-order valence-electron chi connectivity index (χ4n) is 3.72. The zero-order valence-electron chi connectivity index (χ0n) is 13.1. The van der Waals surface area contributed by atoms with Gasteiger partial charge in [0.05, 0.1) is 11.8 Å². The van der Waals surface area contributed by atoms with Crippen LogP contribution < -0.4 is 5.32 Å². The van der Waals surface area contributed by atoms with Crippen LogP contribution in [0.5, 0.6) is 0 Å². The molecule has 24 heavy (non-hydrogen) atoms. The summed E-state index contributed by atoms with van der Waals surface area (Å²) < 4.78 is 0. The molecule has 122 valence electrons. The van der Waals surface area contributed by atoms with Crippen molar-refractivity contribution in [2.24, 2.45) is 0 Å². The normalized spacial score (nSPS) is 21.9. The minimum Gasteiger partial charge on any atom is -0.341 e. The fraction of sp³-hybridized carbons (Fsp3) is 0.263. The van der Waals surface area contributed by atoms with E-state index in [9.17, 15) is 9.59 Å². The van der Waals surface area contributed by atoms with E-state index in [4.69, 9.17) is 11.6 Å². The van der Waals surface area contributed by atoms with Gasteiger partial charge < -0.3 is 10.2 Å². The molecular formula is C19H17ClN2O2. The Morgan fingerprint density at radius 3 is 2.75 bits per heavy atom. The highest BCUT2D eigenvalue weighted by molar-refractivity contribution is 6.31. The number of fused-ring (bicyclic) bond motifs is 2. The van der Waals surface area contributed by atoms with E-state index in [1.807, 2.05) is 42.5 Å². The van der Waals surface area contributed by atoms with E-state index < -0.39 is 5.41 Å².